The maximum absolute atomic E-state index is 13.2. The highest BCUT2D eigenvalue weighted by atomic mass is 35.5. The standard InChI is InChI=1S/C13H9ClFNO3/c14-11-2-1-8(5-12(11)15)16-13(19)7-3-9(17)6-10(18)4-7/h1-6,17-18H,(H,16,19). The number of halogens is 2. The number of hydrogen-bond donors (Lipinski definition) is 3. The molecule has 0 radical (unpaired) electrons. The van der Waals surface area contributed by atoms with Gasteiger partial charge in [-0.15, -0.1) is 0 Å². The van der Waals surface area contributed by atoms with Crippen molar-refractivity contribution in [2.45, 2.75) is 0 Å². The molecule has 0 fully saturated rings. The monoisotopic (exact) mass is 281 g/mol. The summed E-state index contributed by atoms with van der Waals surface area (Å²) in [5, 5.41) is 20.9. The number of aromatic hydroxyl groups is 2. The Kier molecular flexibility index (Phi) is 3.57. The van der Waals surface area contributed by atoms with Crippen LogP contribution in [0.5, 0.6) is 11.5 Å². The van der Waals surface area contributed by atoms with Gasteiger partial charge in [0.25, 0.3) is 5.91 Å². The number of benzene rings is 2. The molecule has 0 saturated heterocycles. The zero-order valence-corrected chi connectivity index (χ0v) is 10.3. The van der Waals surface area contributed by atoms with E-state index in [4.69, 9.17) is 11.6 Å². The molecule has 0 bridgehead atoms. The van der Waals surface area contributed by atoms with Crippen LogP contribution in [0, 0.1) is 5.82 Å². The SMILES string of the molecule is O=C(Nc1ccc(Cl)c(F)c1)c1cc(O)cc(O)c1. The van der Waals surface area contributed by atoms with Crippen LogP contribution in [-0.4, -0.2) is 16.1 Å². The van der Waals surface area contributed by atoms with Crippen LogP contribution < -0.4 is 5.32 Å². The van der Waals surface area contributed by atoms with Gasteiger partial charge in [0.15, 0.2) is 0 Å². The van der Waals surface area contributed by atoms with Gasteiger partial charge in [-0.2, -0.15) is 0 Å². The second-order valence-electron chi connectivity index (χ2n) is 3.82. The fraction of sp³-hybridized carbons (Fsp3) is 0. The third-order valence-corrected chi connectivity index (χ3v) is 2.65. The van der Waals surface area contributed by atoms with Gasteiger partial charge < -0.3 is 15.5 Å². The molecule has 2 rings (SSSR count). The number of carbonyl (C=O) groups excluding carboxylic acids is 1. The van der Waals surface area contributed by atoms with Crippen LogP contribution in [0.25, 0.3) is 0 Å². The molecular weight excluding hydrogens is 273 g/mol. The first kappa shape index (κ1) is 13.2. The van der Waals surface area contributed by atoms with Crippen molar-refractivity contribution in [3.63, 3.8) is 0 Å². The minimum absolute atomic E-state index is 0.0481. The van der Waals surface area contributed by atoms with Crippen LogP contribution >= 0.6 is 11.6 Å². The lowest BCUT2D eigenvalue weighted by atomic mass is 10.2. The van der Waals surface area contributed by atoms with Gasteiger partial charge in [-0.3, -0.25) is 4.79 Å². The molecule has 0 atom stereocenters. The number of carbonyl (C=O) groups is 1. The summed E-state index contributed by atoms with van der Waals surface area (Å²) in [4.78, 5) is 11.8. The summed E-state index contributed by atoms with van der Waals surface area (Å²) >= 11 is 5.52. The van der Waals surface area contributed by atoms with Crippen molar-refractivity contribution in [3.05, 3.63) is 52.8 Å². The zero-order chi connectivity index (χ0) is 14.0. The summed E-state index contributed by atoms with van der Waals surface area (Å²) in [6.45, 7) is 0. The summed E-state index contributed by atoms with van der Waals surface area (Å²) < 4.78 is 13.2. The molecule has 0 unspecified atom stereocenters. The van der Waals surface area contributed by atoms with E-state index in [1.54, 1.807) is 0 Å². The van der Waals surface area contributed by atoms with Crippen LogP contribution in [0.3, 0.4) is 0 Å². The highest BCUT2D eigenvalue weighted by Crippen LogP contribution is 2.22. The lowest BCUT2D eigenvalue weighted by Crippen LogP contribution is -2.11. The highest BCUT2D eigenvalue weighted by molar-refractivity contribution is 6.30. The molecule has 0 aliphatic heterocycles. The molecule has 2 aromatic carbocycles. The van der Waals surface area contributed by atoms with Crippen molar-refractivity contribution < 1.29 is 19.4 Å². The Bertz CT molecular complexity index is 626. The van der Waals surface area contributed by atoms with E-state index < -0.39 is 11.7 Å². The van der Waals surface area contributed by atoms with E-state index >= 15 is 0 Å². The number of hydrogen-bond acceptors (Lipinski definition) is 3. The molecule has 2 aromatic rings. The molecule has 0 spiro atoms. The van der Waals surface area contributed by atoms with Gasteiger partial charge in [-0.25, -0.2) is 4.39 Å². The zero-order valence-electron chi connectivity index (χ0n) is 9.52. The van der Waals surface area contributed by atoms with Crippen molar-refractivity contribution in [1.82, 2.24) is 0 Å². The molecule has 0 heterocycles. The largest absolute Gasteiger partial charge is 0.508 e. The average molecular weight is 282 g/mol. The number of phenols is 2. The van der Waals surface area contributed by atoms with E-state index in [0.717, 1.165) is 12.1 Å². The minimum atomic E-state index is -0.654. The number of rotatable bonds is 2. The first-order chi connectivity index (χ1) is 8.95. The molecular formula is C13H9ClFNO3. The second-order valence-corrected chi connectivity index (χ2v) is 4.23. The van der Waals surface area contributed by atoms with Gasteiger partial charge in [-0.1, -0.05) is 11.6 Å². The third kappa shape index (κ3) is 3.14. The number of anilines is 1. The summed E-state index contributed by atoms with van der Waals surface area (Å²) in [5.74, 6) is -1.73. The van der Waals surface area contributed by atoms with Gasteiger partial charge in [0.05, 0.1) is 5.02 Å². The van der Waals surface area contributed by atoms with Gasteiger partial charge in [0.1, 0.15) is 17.3 Å². The predicted molar refractivity (Wildman–Crippen MR) is 69.1 cm³/mol. The molecule has 0 saturated carbocycles. The van der Waals surface area contributed by atoms with Gasteiger partial charge >= 0.3 is 0 Å². The average Bonchev–Trinajstić information content (AvgIpc) is 2.32. The van der Waals surface area contributed by atoms with Gasteiger partial charge in [0.2, 0.25) is 0 Å². The molecule has 0 aliphatic rings. The van der Waals surface area contributed by atoms with Crippen molar-refractivity contribution >= 4 is 23.2 Å². The number of phenolic OH excluding ortho intramolecular Hbond substituents is 2. The van der Waals surface area contributed by atoms with Crippen LogP contribution in [0.15, 0.2) is 36.4 Å². The summed E-state index contributed by atoms with van der Waals surface area (Å²) in [7, 11) is 0. The Morgan fingerprint density at radius 3 is 2.32 bits per heavy atom. The second kappa shape index (κ2) is 5.16. The van der Waals surface area contributed by atoms with E-state index in [1.807, 2.05) is 0 Å². The molecule has 3 N–H and O–H groups in total. The minimum Gasteiger partial charge on any atom is -0.508 e. The van der Waals surface area contributed by atoms with Crippen molar-refractivity contribution in [1.29, 1.82) is 0 Å². The van der Waals surface area contributed by atoms with Gasteiger partial charge in [0, 0.05) is 17.3 Å². The molecule has 0 aliphatic carbocycles. The molecule has 1 amide bonds. The first-order valence-corrected chi connectivity index (χ1v) is 5.63. The van der Waals surface area contributed by atoms with Crippen LogP contribution in [-0.2, 0) is 0 Å². The molecule has 6 heteroatoms. The Balaban J connectivity index is 2.22. The molecule has 0 aromatic heterocycles. The van der Waals surface area contributed by atoms with Gasteiger partial charge in [-0.05, 0) is 30.3 Å². The van der Waals surface area contributed by atoms with Crippen LogP contribution in [0.2, 0.25) is 5.02 Å². The summed E-state index contributed by atoms with van der Waals surface area (Å²) in [6.07, 6.45) is 0. The first-order valence-electron chi connectivity index (χ1n) is 5.25. The normalized spacial score (nSPS) is 10.2. The smallest absolute Gasteiger partial charge is 0.255 e. The van der Waals surface area contributed by atoms with Crippen LogP contribution in [0.4, 0.5) is 10.1 Å². The van der Waals surface area contributed by atoms with E-state index in [2.05, 4.69) is 5.32 Å². The summed E-state index contributed by atoms with van der Waals surface area (Å²) in [6, 6.07) is 7.28. The van der Waals surface area contributed by atoms with E-state index in [0.29, 0.717) is 0 Å². The lowest BCUT2D eigenvalue weighted by Gasteiger charge is -2.07. The quantitative estimate of drug-likeness (QED) is 0.792. The number of amides is 1. The van der Waals surface area contributed by atoms with E-state index in [9.17, 15) is 19.4 Å². The fourth-order valence-corrected chi connectivity index (χ4v) is 1.62. The third-order valence-electron chi connectivity index (χ3n) is 2.34. The Morgan fingerprint density at radius 1 is 1.11 bits per heavy atom. The highest BCUT2D eigenvalue weighted by Gasteiger charge is 2.10. The Hall–Kier alpha value is -2.27. The Morgan fingerprint density at radius 2 is 1.74 bits per heavy atom. The maximum Gasteiger partial charge on any atom is 0.255 e. The number of nitrogens with one attached hydrogen (secondary N) is 1. The molecule has 19 heavy (non-hydrogen) atoms. The maximum atomic E-state index is 13.2. The molecule has 98 valence electrons. The summed E-state index contributed by atoms with van der Waals surface area (Å²) in [5.41, 5.74) is 0.266. The predicted octanol–water partition coefficient (Wildman–Crippen LogP) is 3.14. The van der Waals surface area contributed by atoms with Crippen LogP contribution in [0.1, 0.15) is 10.4 Å². The van der Waals surface area contributed by atoms with Crippen molar-refractivity contribution in [3.8, 4) is 11.5 Å². The van der Waals surface area contributed by atoms with E-state index in [-0.39, 0.29) is 27.8 Å². The molecule has 4 nitrogen and oxygen atoms in total. The van der Waals surface area contributed by atoms with Crippen molar-refractivity contribution in [2.24, 2.45) is 0 Å². The van der Waals surface area contributed by atoms with Crippen molar-refractivity contribution in [2.75, 3.05) is 5.32 Å². The van der Waals surface area contributed by atoms with E-state index in [1.165, 1.54) is 24.3 Å². The topological polar surface area (TPSA) is 69.6 Å². The lowest BCUT2D eigenvalue weighted by molar-refractivity contribution is 0.102. The Labute approximate surface area is 113 Å². The fourth-order valence-electron chi connectivity index (χ4n) is 1.50.